The minimum atomic E-state index is -0.510. The highest BCUT2D eigenvalue weighted by molar-refractivity contribution is 5.98. The lowest BCUT2D eigenvalue weighted by Gasteiger charge is -2.22. The molecule has 0 heterocycles. The van der Waals surface area contributed by atoms with E-state index in [-0.39, 0.29) is 36.7 Å². The van der Waals surface area contributed by atoms with Crippen LogP contribution in [0, 0.1) is 5.41 Å². The Kier molecular flexibility index (Phi) is 7.39. The van der Waals surface area contributed by atoms with Crippen LogP contribution in [0.25, 0.3) is 0 Å². The maximum atomic E-state index is 12.3. The number of carbonyl (C=O) groups excluding carboxylic acids is 3. The molecule has 6 heteroatoms. The van der Waals surface area contributed by atoms with Crippen molar-refractivity contribution < 1.29 is 14.4 Å². The van der Waals surface area contributed by atoms with Crippen LogP contribution < -0.4 is 16.0 Å². The molecule has 27 heavy (non-hydrogen) atoms. The standard InChI is InChI=1S/C21H31N3O3/c1-21(2,3)20(27)24-17-11-7-8-15(14-17)19(26)22-13-12-18(25)23-16-9-5-4-6-10-16/h7-8,11,14,16H,4-6,9-10,12-13H2,1-3H3,(H,22,26)(H,23,25)(H,24,27). The first-order valence-electron chi connectivity index (χ1n) is 9.75. The third kappa shape index (κ3) is 7.04. The predicted octanol–water partition coefficient (Wildman–Crippen LogP) is 3.24. The molecular weight excluding hydrogens is 342 g/mol. The Morgan fingerprint density at radius 3 is 2.44 bits per heavy atom. The Bertz CT molecular complexity index is 673. The number of hydrogen-bond donors (Lipinski definition) is 3. The summed E-state index contributed by atoms with van der Waals surface area (Å²) in [5.74, 6) is -0.389. The zero-order valence-electron chi connectivity index (χ0n) is 16.6. The quantitative estimate of drug-likeness (QED) is 0.715. The van der Waals surface area contributed by atoms with Crippen LogP contribution in [0.3, 0.4) is 0 Å². The lowest BCUT2D eigenvalue weighted by molar-refractivity contribution is -0.123. The molecule has 1 aliphatic rings. The Morgan fingerprint density at radius 1 is 1.07 bits per heavy atom. The highest BCUT2D eigenvalue weighted by Gasteiger charge is 2.21. The smallest absolute Gasteiger partial charge is 0.251 e. The van der Waals surface area contributed by atoms with Crippen molar-refractivity contribution in [2.75, 3.05) is 11.9 Å². The summed E-state index contributed by atoms with van der Waals surface area (Å²) in [4.78, 5) is 36.4. The van der Waals surface area contributed by atoms with Gasteiger partial charge in [0.2, 0.25) is 11.8 Å². The zero-order valence-corrected chi connectivity index (χ0v) is 16.6. The molecule has 0 bridgehead atoms. The summed E-state index contributed by atoms with van der Waals surface area (Å²) in [5.41, 5.74) is 0.524. The lowest BCUT2D eigenvalue weighted by atomic mass is 9.95. The van der Waals surface area contributed by atoms with Gasteiger partial charge in [-0.25, -0.2) is 0 Å². The molecule has 0 unspecified atom stereocenters. The third-order valence-corrected chi connectivity index (χ3v) is 4.67. The van der Waals surface area contributed by atoms with E-state index in [9.17, 15) is 14.4 Å². The Balaban J connectivity index is 1.79. The molecule has 1 fully saturated rings. The topological polar surface area (TPSA) is 87.3 Å². The van der Waals surface area contributed by atoms with E-state index in [2.05, 4.69) is 16.0 Å². The lowest BCUT2D eigenvalue weighted by Crippen LogP contribution is -2.38. The minimum Gasteiger partial charge on any atom is -0.353 e. The van der Waals surface area contributed by atoms with Crippen LogP contribution in [0.4, 0.5) is 5.69 Å². The number of rotatable bonds is 6. The van der Waals surface area contributed by atoms with Crippen molar-refractivity contribution >= 4 is 23.4 Å². The molecule has 1 aliphatic carbocycles. The van der Waals surface area contributed by atoms with E-state index in [1.54, 1.807) is 24.3 Å². The second kappa shape index (κ2) is 9.53. The van der Waals surface area contributed by atoms with Gasteiger partial charge in [0.05, 0.1) is 0 Å². The molecule has 1 aromatic carbocycles. The van der Waals surface area contributed by atoms with Gasteiger partial charge in [-0.15, -0.1) is 0 Å². The highest BCUT2D eigenvalue weighted by atomic mass is 16.2. The molecule has 0 saturated heterocycles. The van der Waals surface area contributed by atoms with Crippen molar-refractivity contribution in [3.05, 3.63) is 29.8 Å². The molecule has 0 spiro atoms. The van der Waals surface area contributed by atoms with Gasteiger partial charge in [-0.05, 0) is 31.0 Å². The minimum absolute atomic E-state index is 0.0200. The molecule has 1 saturated carbocycles. The van der Waals surface area contributed by atoms with Crippen molar-refractivity contribution in [3.8, 4) is 0 Å². The van der Waals surface area contributed by atoms with Crippen LogP contribution in [-0.4, -0.2) is 30.3 Å². The molecule has 0 aliphatic heterocycles. The molecule has 1 aromatic rings. The molecular formula is C21H31N3O3. The Hall–Kier alpha value is -2.37. The van der Waals surface area contributed by atoms with Crippen LogP contribution in [0.1, 0.15) is 69.7 Å². The van der Waals surface area contributed by atoms with E-state index in [0.717, 1.165) is 12.8 Å². The molecule has 148 valence electrons. The summed E-state index contributed by atoms with van der Waals surface area (Å²) >= 11 is 0. The summed E-state index contributed by atoms with van der Waals surface area (Å²) in [6.45, 7) is 5.78. The molecule has 3 N–H and O–H groups in total. The maximum absolute atomic E-state index is 12.3. The Morgan fingerprint density at radius 2 is 1.78 bits per heavy atom. The molecule has 0 aromatic heterocycles. The van der Waals surface area contributed by atoms with Crippen molar-refractivity contribution in [2.45, 2.75) is 65.3 Å². The second-order valence-electron chi connectivity index (χ2n) is 8.19. The molecule has 6 nitrogen and oxygen atoms in total. The van der Waals surface area contributed by atoms with Crippen LogP contribution in [-0.2, 0) is 9.59 Å². The van der Waals surface area contributed by atoms with E-state index in [4.69, 9.17) is 0 Å². The van der Waals surface area contributed by atoms with Crippen LogP contribution in [0.5, 0.6) is 0 Å². The third-order valence-electron chi connectivity index (χ3n) is 4.67. The summed E-state index contributed by atoms with van der Waals surface area (Å²) in [7, 11) is 0. The molecule has 2 rings (SSSR count). The number of carbonyl (C=O) groups is 3. The van der Waals surface area contributed by atoms with Gasteiger partial charge in [0.15, 0.2) is 0 Å². The van der Waals surface area contributed by atoms with E-state index in [0.29, 0.717) is 11.3 Å². The summed E-state index contributed by atoms with van der Waals surface area (Å²) in [6, 6.07) is 7.08. The van der Waals surface area contributed by atoms with E-state index in [1.165, 1.54) is 19.3 Å². The number of hydrogen-bond acceptors (Lipinski definition) is 3. The average Bonchev–Trinajstić information content (AvgIpc) is 2.62. The van der Waals surface area contributed by atoms with Crippen molar-refractivity contribution in [1.29, 1.82) is 0 Å². The second-order valence-corrected chi connectivity index (χ2v) is 8.19. The zero-order chi connectivity index (χ0) is 19.9. The van der Waals surface area contributed by atoms with Crippen molar-refractivity contribution in [1.82, 2.24) is 10.6 Å². The van der Waals surface area contributed by atoms with E-state index in [1.807, 2.05) is 20.8 Å². The first-order chi connectivity index (χ1) is 12.8. The maximum Gasteiger partial charge on any atom is 0.251 e. The van der Waals surface area contributed by atoms with Crippen LogP contribution >= 0.6 is 0 Å². The van der Waals surface area contributed by atoms with Crippen LogP contribution in [0.15, 0.2) is 24.3 Å². The van der Waals surface area contributed by atoms with Gasteiger partial charge in [-0.1, -0.05) is 46.1 Å². The average molecular weight is 373 g/mol. The van der Waals surface area contributed by atoms with Crippen molar-refractivity contribution in [2.24, 2.45) is 5.41 Å². The number of anilines is 1. The Labute approximate surface area is 161 Å². The fourth-order valence-electron chi connectivity index (χ4n) is 3.00. The van der Waals surface area contributed by atoms with Crippen molar-refractivity contribution in [3.63, 3.8) is 0 Å². The molecule has 0 radical (unpaired) electrons. The summed E-state index contributed by atoms with van der Waals surface area (Å²) in [6.07, 6.45) is 5.95. The van der Waals surface area contributed by atoms with Gasteiger partial charge in [-0.3, -0.25) is 14.4 Å². The first-order valence-corrected chi connectivity index (χ1v) is 9.75. The molecule has 3 amide bonds. The summed E-state index contributed by atoms with van der Waals surface area (Å²) in [5, 5.41) is 8.62. The fraction of sp³-hybridized carbons (Fsp3) is 0.571. The molecule has 0 atom stereocenters. The SMILES string of the molecule is CC(C)(C)C(=O)Nc1cccc(C(=O)NCCC(=O)NC2CCCCC2)c1. The van der Waals surface area contributed by atoms with Gasteiger partial charge in [0.1, 0.15) is 0 Å². The monoisotopic (exact) mass is 373 g/mol. The van der Waals surface area contributed by atoms with E-state index >= 15 is 0 Å². The van der Waals surface area contributed by atoms with E-state index < -0.39 is 5.41 Å². The predicted molar refractivity (Wildman–Crippen MR) is 106 cm³/mol. The highest BCUT2D eigenvalue weighted by Crippen LogP contribution is 2.18. The van der Waals surface area contributed by atoms with Gasteiger partial charge in [0, 0.05) is 35.7 Å². The van der Waals surface area contributed by atoms with Crippen LogP contribution in [0.2, 0.25) is 0 Å². The van der Waals surface area contributed by atoms with Gasteiger partial charge >= 0.3 is 0 Å². The summed E-state index contributed by atoms with van der Waals surface area (Å²) < 4.78 is 0. The number of nitrogens with one attached hydrogen (secondary N) is 3. The van der Waals surface area contributed by atoms with Gasteiger partial charge in [0.25, 0.3) is 5.91 Å². The number of amides is 3. The largest absolute Gasteiger partial charge is 0.353 e. The van der Waals surface area contributed by atoms with Gasteiger partial charge < -0.3 is 16.0 Å². The van der Waals surface area contributed by atoms with Gasteiger partial charge in [-0.2, -0.15) is 0 Å². The number of benzene rings is 1. The normalized spacial score (nSPS) is 15.1. The fourth-order valence-corrected chi connectivity index (χ4v) is 3.00. The first kappa shape index (κ1) is 20.9.